The van der Waals surface area contributed by atoms with Crippen molar-refractivity contribution in [3.8, 4) is 0 Å². The zero-order valence-electron chi connectivity index (χ0n) is 20.9. The Balaban J connectivity index is 1.46. The summed E-state index contributed by atoms with van der Waals surface area (Å²) in [5.41, 5.74) is 5.20. The minimum absolute atomic E-state index is 0.0932. The van der Waals surface area contributed by atoms with E-state index in [1.165, 1.54) is 22.4 Å². The summed E-state index contributed by atoms with van der Waals surface area (Å²) >= 11 is 0. The number of ether oxygens (including phenoxy) is 1. The van der Waals surface area contributed by atoms with Crippen LogP contribution in [0.15, 0.2) is 84.9 Å². The summed E-state index contributed by atoms with van der Waals surface area (Å²) in [4.78, 5) is 4.95. The highest BCUT2D eigenvalue weighted by Gasteiger charge is 2.31. The molecule has 0 spiro atoms. The maximum absolute atomic E-state index is 6.43. The minimum atomic E-state index is 0.0932. The number of nitrogens with one attached hydrogen (secondary N) is 1. The van der Waals surface area contributed by atoms with E-state index in [2.05, 4.69) is 114 Å². The third kappa shape index (κ3) is 6.26. The van der Waals surface area contributed by atoms with Gasteiger partial charge in [-0.3, -0.25) is 0 Å². The van der Waals surface area contributed by atoms with Crippen molar-refractivity contribution in [2.45, 2.75) is 37.5 Å². The Hall–Kier alpha value is -2.66. The van der Waals surface area contributed by atoms with Gasteiger partial charge in [-0.25, -0.2) is 0 Å². The van der Waals surface area contributed by atoms with E-state index in [1.807, 2.05) is 7.05 Å². The molecular formula is C30H39N3O. The van der Waals surface area contributed by atoms with Crippen LogP contribution in [0.4, 0.5) is 5.69 Å². The molecule has 180 valence electrons. The first-order chi connectivity index (χ1) is 16.7. The van der Waals surface area contributed by atoms with E-state index in [4.69, 9.17) is 4.74 Å². The van der Waals surface area contributed by atoms with Gasteiger partial charge in [0.05, 0.1) is 12.7 Å². The number of piperidine rings is 1. The third-order valence-electron chi connectivity index (χ3n) is 7.02. The van der Waals surface area contributed by atoms with Gasteiger partial charge in [-0.2, -0.15) is 0 Å². The van der Waals surface area contributed by atoms with E-state index >= 15 is 0 Å². The van der Waals surface area contributed by atoms with E-state index in [-0.39, 0.29) is 6.10 Å². The first-order valence-electron chi connectivity index (χ1n) is 12.5. The highest BCUT2D eigenvalue weighted by molar-refractivity contribution is 5.50. The van der Waals surface area contributed by atoms with Crippen molar-refractivity contribution < 1.29 is 4.74 Å². The van der Waals surface area contributed by atoms with Crippen LogP contribution < -0.4 is 10.2 Å². The molecule has 1 aliphatic rings. The Morgan fingerprint density at radius 2 is 1.71 bits per heavy atom. The second kappa shape index (κ2) is 12.2. The molecule has 3 unspecified atom stereocenters. The van der Waals surface area contributed by atoms with Crippen LogP contribution in [0, 0.1) is 0 Å². The van der Waals surface area contributed by atoms with Gasteiger partial charge in [-0.15, -0.1) is 0 Å². The Morgan fingerprint density at radius 3 is 2.41 bits per heavy atom. The molecule has 1 saturated heterocycles. The summed E-state index contributed by atoms with van der Waals surface area (Å²) < 4.78 is 6.43. The Morgan fingerprint density at radius 1 is 0.971 bits per heavy atom. The van der Waals surface area contributed by atoms with E-state index in [0.717, 1.165) is 32.5 Å². The van der Waals surface area contributed by atoms with Crippen molar-refractivity contribution in [3.05, 3.63) is 102 Å². The maximum Gasteiger partial charge on any atom is 0.0841 e. The zero-order chi connectivity index (χ0) is 23.8. The lowest BCUT2D eigenvalue weighted by Crippen LogP contribution is -2.47. The molecule has 1 heterocycles. The van der Waals surface area contributed by atoms with Gasteiger partial charge in [0.2, 0.25) is 0 Å². The fourth-order valence-electron chi connectivity index (χ4n) is 5.15. The number of likely N-dealkylation sites (N-methyl/N-ethyl adjacent to an activating group) is 1. The van der Waals surface area contributed by atoms with Gasteiger partial charge in [0, 0.05) is 30.7 Å². The predicted octanol–water partition coefficient (Wildman–Crippen LogP) is 5.48. The molecule has 0 amide bonds. The van der Waals surface area contributed by atoms with Crippen LogP contribution in [0.25, 0.3) is 0 Å². The molecule has 0 bridgehead atoms. The average molecular weight is 458 g/mol. The number of anilines is 1. The quantitative estimate of drug-likeness (QED) is 0.436. The predicted molar refractivity (Wildman–Crippen MR) is 142 cm³/mol. The van der Waals surface area contributed by atoms with Crippen LogP contribution in [-0.4, -0.2) is 51.7 Å². The van der Waals surface area contributed by atoms with E-state index in [0.29, 0.717) is 18.6 Å². The summed E-state index contributed by atoms with van der Waals surface area (Å²) in [6.45, 7) is 3.66. The number of nitrogens with zero attached hydrogens (tertiary/aromatic N) is 2. The molecule has 0 aliphatic carbocycles. The molecule has 3 aromatic rings. The van der Waals surface area contributed by atoms with E-state index in [1.54, 1.807) is 0 Å². The smallest absolute Gasteiger partial charge is 0.0841 e. The lowest BCUT2D eigenvalue weighted by atomic mass is 9.85. The molecular weight excluding hydrogens is 418 g/mol. The first-order valence-corrected chi connectivity index (χ1v) is 12.5. The van der Waals surface area contributed by atoms with Crippen molar-refractivity contribution in [1.82, 2.24) is 10.2 Å². The van der Waals surface area contributed by atoms with Crippen molar-refractivity contribution >= 4 is 5.69 Å². The van der Waals surface area contributed by atoms with Gasteiger partial charge < -0.3 is 19.9 Å². The molecule has 0 saturated carbocycles. The lowest BCUT2D eigenvalue weighted by molar-refractivity contribution is 0.0344. The molecule has 4 rings (SSSR count). The SMILES string of the molecule is CNCCC(OCc1cccc(N2CCC(N(C)C)C(c3ccccc3)C2)c1)c1ccccc1. The Labute approximate surface area is 205 Å². The van der Waals surface area contributed by atoms with Crippen LogP contribution in [0.5, 0.6) is 0 Å². The van der Waals surface area contributed by atoms with Crippen molar-refractivity contribution in [2.75, 3.05) is 45.7 Å². The van der Waals surface area contributed by atoms with Crippen LogP contribution >= 0.6 is 0 Å². The van der Waals surface area contributed by atoms with Crippen molar-refractivity contribution in [3.63, 3.8) is 0 Å². The topological polar surface area (TPSA) is 27.7 Å². The molecule has 4 nitrogen and oxygen atoms in total. The number of hydrogen-bond donors (Lipinski definition) is 1. The molecule has 1 N–H and O–H groups in total. The van der Waals surface area contributed by atoms with Crippen LogP contribution in [0.1, 0.15) is 41.6 Å². The number of hydrogen-bond acceptors (Lipinski definition) is 4. The van der Waals surface area contributed by atoms with Crippen LogP contribution in [-0.2, 0) is 11.3 Å². The number of rotatable bonds is 10. The largest absolute Gasteiger partial charge is 0.371 e. The summed E-state index contributed by atoms with van der Waals surface area (Å²) in [6, 6.07) is 31.0. The monoisotopic (exact) mass is 457 g/mol. The normalized spacial score (nSPS) is 19.4. The second-order valence-electron chi connectivity index (χ2n) is 9.56. The van der Waals surface area contributed by atoms with Gasteiger partial charge in [0.15, 0.2) is 0 Å². The standard InChI is InChI=1S/C30H39N3O/c1-31-19-17-30(26-14-8-5-9-15-26)34-23-24-11-10-16-27(21-24)33-20-18-29(32(2)3)28(22-33)25-12-6-4-7-13-25/h4-16,21,28-31H,17-20,22-23H2,1-3H3. The third-order valence-corrected chi connectivity index (χ3v) is 7.02. The molecule has 1 aliphatic heterocycles. The van der Waals surface area contributed by atoms with Gasteiger partial charge in [-0.05, 0) is 69.4 Å². The number of benzene rings is 3. The van der Waals surface area contributed by atoms with E-state index < -0.39 is 0 Å². The highest BCUT2D eigenvalue weighted by atomic mass is 16.5. The molecule has 1 fully saturated rings. The highest BCUT2D eigenvalue weighted by Crippen LogP contribution is 2.33. The maximum atomic E-state index is 6.43. The summed E-state index contributed by atoms with van der Waals surface area (Å²) in [5, 5.41) is 3.26. The summed E-state index contributed by atoms with van der Waals surface area (Å²) in [5.74, 6) is 0.494. The molecule has 3 atom stereocenters. The molecule has 0 radical (unpaired) electrons. The van der Waals surface area contributed by atoms with Gasteiger partial charge in [-0.1, -0.05) is 72.8 Å². The zero-order valence-corrected chi connectivity index (χ0v) is 20.9. The molecule has 4 heteroatoms. The summed E-state index contributed by atoms with van der Waals surface area (Å²) in [6.07, 6.45) is 2.21. The average Bonchev–Trinajstić information content (AvgIpc) is 2.89. The molecule has 0 aromatic heterocycles. The van der Waals surface area contributed by atoms with Gasteiger partial charge >= 0.3 is 0 Å². The van der Waals surface area contributed by atoms with Gasteiger partial charge in [0.25, 0.3) is 0 Å². The Kier molecular flexibility index (Phi) is 8.75. The fraction of sp³-hybridized carbons (Fsp3) is 0.400. The lowest BCUT2D eigenvalue weighted by Gasteiger charge is -2.43. The van der Waals surface area contributed by atoms with E-state index in [9.17, 15) is 0 Å². The summed E-state index contributed by atoms with van der Waals surface area (Å²) in [7, 11) is 6.42. The van der Waals surface area contributed by atoms with Crippen molar-refractivity contribution in [1.29, 1.82) is 0 Å². The van der Waals surface area contributed by atoms with Crippen LogP contribution in [0.2, 0.25) is 0 Å². The fourth-order valence-corrected chi connectivity index (χ4v) is 5.15. The van der Waals surface area contributed by atoms with Gasteiger partial charge in [0.1, 0.15) is 0 Å². The molecule has 3 aromatic carbocycles. The minimum Gasteiger partial charge on any atom is -0.371 e. The second-order valence-corrected chi connectivity index (χ2v) is 9.56. The Bertz CT molecular complexity index is 992. The molecule has 34 heavy (non-hydrogen) atoms. The van der Waals surface area contributed by atoms with Crippen LogP contribution in [0.3, 0.4) is 0 Å². The van der Waals surface area contributed by atoms with Crippen molar-refractivity contribution in [2.24, 2.45) is 0 Å². The first kappa shape index (κ1) is 24.5.